The van der Waals surface area contributed by atoms with Crippen LogP contribution < -0.4 is 0 Å². The van der Waals surface area contributed by atoms with Gasteiger partial charge in [-0.1, -0.05) is 18.2 Å². The molecule has 1 nitrogen and oxygen atoms in total. The molecule has 12 heavy (non-hydrogen) atoms. The molecule has 66 valence electrons. The number of carbonyl (C=O) groups excluding carboxylic acids is 1. The molecular weight excluding hydrogens is 148 g/mol. The maximum absolute atomic E-state index is 11.0. The summed E-state index contributed by atoms with van der Waals surface area (Å²) in [4.78, 5) is 11.0. The van der Waals surface area contributed by atoms with E-state index in [1.165, 1.54) is 5.57 Å². The van der Waals surface area contributed by atoms with Gasteiger partial charge in [-0.2, -0.15) is 0 Å². The molecule has 0 unspecified atom stereocenters. The molecule has 0 aromatic carbocycles. The molecule has 0 aliphatic heterocycles. The van der Waals surface area contributed by atoms with Crippen molar-refractivity contribution in [1.82, 2.24) is 0 Å². The lowest BCUT2D eigenvalue weighted by Gasteiger charge is -2.20. The molecular formula is C11H16O. The van der Waals surface area contributed by atoms with Crippen LogP contribution in [0.3, 0.4) is 0 Å². The molecule has 0 heterocycles. The fourth-order valence-corrected chi connectivity index (χ4v) is 1.60. The Labute approximate surface area is 74.2 Å². The Bertz CT molecular complexity index is 235. The molecule has 0 N–H and O–H groups in total. The van der Waals surface area contributed by atoms with Gasteiger partial charge in [-0.05, 0) is 44.6 Å². The maximum Gasteiger partial charge on any atom is 0.155 e. The summed E-state index contributed by atoms with van der Waals surface area (Å²) >= 11 is 0. The van der Waals surface area contributed by atoms with Gasteiger partial charge in [-0.25, -0.2) is 0 Å². The normalized spacial score (nSPS) is 23.2. The van der Waals surface area contributed by atoms with Crippen molar-refractivity contribution < 1.29 is 4.79 Å². The summed E-state index contributed by atoms with van der Waals surface area (Å²) in [6.45, 7) is 7.65. The van der Waals surface area contributed by atoms with Crippen molar-refractivity contribution in [3.63, 3.8) is 0 Å². The zero-order chi connectivity index (χ0) is 9.14. The number of Topliss-reactive ketones (excluding diaryl/α,β-unsaturated/α-hetero) is 1. The first-order valence-corrected chi connectivity index (χ1v) is 4.46. The quantitative estimate of drug-likeness (QED) is 0.573. The van der Waals surface area contributed by atoms with Crippen molar-refractivity contribution in [3.05, 3.63) is 23.8 Å². The molecule has 0 saturated carbocycles. The second kappa shape index (κ2) is 3.70. The van der Waals surface area contributed by atoms with Crippen LogP contribution in [-0.2, 0) is 4.79 Å². The minimum absolute atomic E-state index is 0.232. The molecule has 0 aromatic heterocycles. The summed E-state index contributed by atoms with van der Waals surface area (Å²) in [6.07, 6.45) is 5.11. The molecule has 0 bridgehead atoms. The number of carbonyl (C=O) groups is 1. The van der Waals surface area contributed by atoms with Gasteiger partial charge in [-0.3, -0.25) is 4.79 Å². The Morgan fingerprint density at radius 2 is 2.25 bits per heavy atom. The summed E-state index contributed by atoms with van der Waals surface area (Å²) in [6, 6.07) is 0. The molecule has 0 amide bonds. The number of rotatable bonds is 2. The van der Waals surface area contributed by atoms with Crippen molar-refractivity contribution in [3.8, 4) is 0 Å². The highest BCUT2D eigenvalue weighted by atomic mass is 16.1. The number of ketones is 1. The molecule has 0 spiro atoms. The number of hydrogen-bond acceptors (Lipinski definition) is 1. The third-order valence-corrected chi connectivity index (χ3v) is 2.56. The van der Waals surface area contributed by atoms with Crippen LogP contribution in [0.25, 0.3) is 0 Å². The average molecular weight is 164 g/mol. The average Bonchev–Trinajstić information content (AvgIpc) is 2.04. The lowest BCUT2D eigenvalue weighted by Crippen LogP contribution is -2.09. The second-order valence-electron chi connectivity index (χ2n) is 3.60. The van der Waals surface area contributed by atoms with Crippen molar-refractivity contribution in [2.24, 2.45) is 5.92 Å². The van der Waals surface area contributed by atoms with Crippen LogP contribution in [-0.4, -0.2) is 5.78 Å². The van der Waals surface area contributed by atoms with E-state index in [1.54, 1.807) is 6.92 Å². The summed E-state index contributed by atoms with van der Waals surface area (Å²) in [5.41, 5.74) is 2.25. The lowest BCUT2D eigenvalue weighted by atomic mass is 9.84. The standard InChI is InChI=1S/C11H16O/c1-8(2)10-4-6-11(7-5-10)9(3)12/h6,10H,1,4-5,7H2,2-3H3/t10-/m1/s1. The SMILES string of the molecule is C=C(C)[C@@H]1CC=C(C(C)=O)CC1. The monoisotopic (exact) mass is 164 g/mol. The molecule has 1 atom stereocenters. The molecule has 0 aromatic rings. The summed E-state index contributed by atoms with van der Waals surface area (Å²) in [5.74, 6) is 0.836. The van der Waals surface area contributed by atoms with E-state index < -0.39 is 0 Å². The van der Waals surface area contributed by atoms with Gasteiger partial charge in [0.05, 0.1) is 0 Å². The largest absolute Gasteiger partial charge is 0.295 e. The topological polar surface area (TPSA) is 17.1 Å². The fourth-order valence-electron chi connectivity index (χ4n) is 1.60. The second-order valence-corrected chi connectivity index (χ2v) is 3.60. The predicted molar refractivity (Wildman–Crippen MR) is 50.9 cm³/mol. The highest BCUT2D eigenvalue weighted by molar-refractivity contribution is 5.93. The Morgan fingerprint density at radius 1 is 1.58 bits per heavy atom. The molecule has 1 rings (SSSR count). The van der Waals surface area contributed by atoms with E-state index in [0.717, 1.165) is 24.8 Å². The van der Waals surface area contributed by atoms with Gasteiger partial charge < -0.3 is 0 Å². The number of allylic oxidation sites excluding steroid dienone is 3. The molecule has 0 fully saturated rings. The summed E-state index contributed by atoms with van der Waals surface area (Å²) in [7, 11) is 0. The van der Waals surface area contributed by atoms with Crippen LogP contribution in [0, 0.1) is 5.92 Å². The number of hydrogen-bond donors (Lipinski definition) is 0. The molecule has 1 aliphatic carbocycles. The van der Waals surface area contributed by atoms with Crippen LogP contribution >= 0.6 is 0 Å². The van der Waals surface area contributed by atoms with E-state index in [1.807, 2.05) is 0 Å². The van der Waals surface area contributed by atoms with E-state index in [4.69, 9.17) is 0 Å². The summed E-state index contributed by atoms with van der Waals surface area (Å²) in [5, 5.41) is 0. The molecule has 0 saturated heterocycles. The van der Waals surface area contributed by atoms with Crippen LogP contribution in [0.5, 0.6) is 0 Å². The highest BCUT2D eigenvalue weighted by Gasteiger charge is 2.16. The molecule has 1 aliphatic rings. The van der Waals surface area contributed by atoms with Gasteiger partial charge in [-0.15, -0.1) is 0 Å². The highest BCUT2D eigenvalue weighted by Crippen LogP contribution is 2.28. The van der Waals surface area contributed by atoms with E-state index in [0.29, 0.717) is 5.92 Å². The lowest BCUT2D eigenvalue weighted by molar-refractivity contribution is -0.113. The zero-order valence-corrected chi connectivity index (χ0v) is 7.89. The maximum atomic E-state index is 11.0. The first-order valence-electron chi connectivity index (χ1n) is 4.46. The van der Waals surface area contributed by atoms with E-state index in [2.05, 4.69) is 19.6 Å². The van der Waals surface area contributed by atoms with Gasteiger partial charge in [0.2, 0.25) is 0 Å². The predicted octanol–water partition coefficient (Wildman–Crippen LogP) is 2.88. The van der Waals surface area contributed by atoms with Crippen molar-refractivity contribution in [1.29, 1.82) is 0 Å². The van der Waals surface area contributed by atoms with Crippen LogP contribution in [0.1, 0.15) is 33.1 Å². The van der Waals surface area contributed by atoms with Gasteiger partial charge in [0.1, 0.15) is 0 Å². The smallest absolute Gasteiger partial charge is 0.155 e. The van der Waals surface area contributed by atoms with Crippen molar-refractivity contribution in [2.45, 2.75) is 33.1 Å². The third-order valence-electron chi connectivity index (χ3n) is 2.56. The van der Waals surface area contributed by atoms with Crippen LogP contribution in [0.15, 0.2) is 23.8 Å². The molecule has 0 radical (unpaired) electrons. The van der Waals surface area contributed by atoms with Crippen LogP contribution in [0.4, 0.5) is 0 Å². The van der Waals surface area contributed by atoms with Gasteiger partial charge in [0, 0.05) is 0 Å². The fraction of sp³-hybridized carbons (Fsp3) is 0.545. The van der Waals surface area contributed by atoms with E-state index >= 15 is 0 Å². The van der Waals surface area contributed by atoms with Gasteiger partial charge >= 0.3 is 0 Å². The van der Waals surface area contributed by atoms with E-state index in [9.17, 15) is 4.79 Å². The third kappa shape index (κ3) is 2.07. The van der Waals surface area contributed by atoms with E-state index in [-0.39, 0.29) is 5.78 Å². The first-order chi connectivity index (χ1) is 5.61. The van der Waals surface area contributed by atoms with Crippen molar-refractivity contribution in [2.75, 3.05) is 0 Å². The Balaban J connectivity index is 2.59. The van der Waals surface area contributed by atoms with Gasteiger partial charge in [0.25, 0.3) is 0 Å². The van der Waals surface area contributed by atoms with Crippen molar-refractivity contribution >= 4 is 5.78 Å². The Hall–Kier alpha value is -0.850. The van der Waals surface area contributed by atoms with Crippen LogP contribution in [0.2, 0.25) is 0 Å². The minimum Gasteiger partial charge on any atom is -0.295 e. The molecule has 1 heteroatoms. The zero-order valence-electron chi connectivity index (χ0n) is 7.89. The van der Waals surface area contributed by atoms with Gasteiger partial charge in [0.15, 0.2) is 5.78 Å². The Morgan fingerprint density at radius 3 is 2.58 bits per heavy atom. The first kappa shape index (κ1) is 9.24. The summed E-state index contributed by atoms with van der Waals surface area (Å²) < 4.78 is 0. The Kier molecular flexibility index (Phi) is 2.85. The minimum atomic E-state index is 0.232.